The van der Waals surface area contributed by atoms with Gasteiger partial charge in [-0.1, -0.05) is 36.4 Å². The maximum atomic E-state index is 12.7. The molecule has 2 aromatic carbocycles. The number of likely N-dealkylation sites (tertiary alicyclic amines) is 1. The van der Waals surface area contributed by atoms with Gasteiger partial charge in [-0.25, -0.2) is 0 Å². The minimum Gasteiger partial charge on any atom is -0.349 e. The van der Waals surface area contributed by atoms with Gasteiger partial charge >= 0.3 is 0 Å². The zero-order valence-corrected chi connectivity index (χ0v) is 16.3. The van der Waals surface area contributed by atoms with E-state index in [9.17, 15) is 9.59 Å². The lowest BCUT2D eigenvalue weighted by atomic mass is 9.90. The number of nitrogens with one attached hydrogen (secondary N) is 1. The summed E-state index contributed by atoms with van der Waals surface area (Å²) in [6.07, 6.45) is 6.96. The zero-order chi connectivity index (χ0) is 19.3. The first kappa shape index (κ1) is 18.7. The maximum absolute atomic E-state index is 12.7. The van der Waals surface area contributed by atoms with E-state index in [4.69, 9.17) is 0 Å². The van der Waals surface area contributed by atoms with Crippen LogP contribution in [-0.4, -0.2) is 35.8 Å². The lowest BCUT2D eigenvalue weighted by Gasteiger charge is -2.32. The predicted octanol–water partition coefficient (Wildman–Crippen LogP) is 3.53. The highest BCUT2D eigenvalue weighted by Gasteiger charge is 2.24. The fraction of sp³-hybridized carbons (Fsp3) is 0.417. The summed E-state index contributed by atoms with van der Waals surface area (Å²) >= 11 is 0. The maximum Gasteiger partial charge on any atom is 0.251 e. The molecule has 0 saturated carbocycles. The Morgan fingerprint density at radius 1 is 0.929 bits per heavy atom. The molecule has 0 unspecified atom stereocenters. The lowest BCUT2D eigenvalue weighted by molar-refractivity contribution is -0.131. The van der Waals surface area contributed by atoms with Gasteiger partial charge in [-0.05, 0) is 67.3 Å². The molecule has 1 N–H and O–H groups in total. The van der Waals surface area contributed by atoms with Gasteiger partial charge in [0.05, 0.1) is 6.42 Å². The van der Waals surface area contributed by atoms with Crippen molar-refractivity contribution in [1.29, 1.82) is 0 Å². The molecule has 1 saturated heterocycles. The van der Waals surface area contributed by atoms with E-state index in [2.05, 4.69) is 23.5 Å². The number of hydrogen-bond donors (Lipinski definition) is 1. The minimum atomic E-state index is -0.0283. The highest BCUT2D eigenvalue weighted by molar-refractivity contribution is 5.94. The Bertz CT molecular complexity index is 839. The highest BCUT2D eigenvalue weighted by Crippen LogP contribution is 2.23. The molecular formula is C24H28N2O2. The summed E-state index contributed by atoms with van der Waals surface area (Å²) in [4.78, 5) is 27.0. The molecule has 4 rings (SSSR count). The molecule has 0 radical (unpaired) electrons. The van der Waals surface area contributed by atoms with Crippen molar-refractivity contribution < 1.29 is 9.59 Å². The van der Waals surface area contributed by atoms with Crippen molar-refractivity contribution in [3.8, 4) is 0 Å². The quantitative estimate of drug-likeness (QED) is 0.887. The van der Waals surface area contributed by atoms with E-state index in [1.54, 1.807) is 0 Å². The number of benzene rings is 2. The first-order chi connectivity index (χ1) is 13.7. The second-order valence-corrected chi connectivity index (χ2v) is 7.98. The Kier molecular flexibility index (Phi) is 5.75. The van der Waals surface area contributed by atoms with E-state index in [-0.39, 0.29) is 17.9 Å². The Hall–Kier alpha value is -2.62. The first-order valence-electron chi connectivity index (χ1n) is 10.4. The van der Waals surface area contributed by atoms with E-state index in [0.29, 0.717) is 25.1 Å². The molecule has 4 nitrogen and oxygen atoms in total. The molecule has 0 spiro atoms. The molecule has 0 aromatic heterocycles. The Morgan fingerprint density at radius 2 is 1.64 bits per heavy atom. The van der Waals surface area contributed by atoms with E-state index in [1.165, 1.54) is 30.4 Å². The van der Waals surface area contributed by atoms with Crippen molar-refractivity contribution in [2.24, 2.45) is 0 Å². The minimum absolute atomic E-state index is 0.0283. The summed E-state index contributed by atoms with van der Waals surface area (Å²) in [5.74, 6) is 0.169. The van der Waals surface area contributed by atoms with Crippen molar-refractivity contribution in [3.05, 3.63) is 70.8 Å². The van der Waals surface area contributed by atoms with Gasteiger partial charge in [0.25, 0.3) is 5.91 Å². The van der Waals surface area contributed by atoms with Crippen molar-refractivity contribution in [3.63, 3.8) is 0 Å². The smallest absolute Gasteiger partial charge is 0.251 e. The van der Waals surface area contributed by atoms with Crippen LogP contribution in [0.2, 0.25) is 0 Å². The van der Waals surface area contributed by atoms with E-state index < -0.39 is 0 Å². The van der Waals surface area contributed by atoms with Gasteiger partial charge in [-0.3, -0.25) is 9.59 Å². The molecule has 28 heavy (non-hydrogen) atoms. The fourth-order valence-electron chi connectivity index (χ4n) is 4.31. The number of fused-ring (bicyclic) bond motifs is 1. The number of piperidine rings is 1. The van der Waals surface area contributed by atoms with Gasteiger partial charge in [-0.2, -0.15) is 0 Å². The van der Waals surface area contributed by atoms with Crippen LogP contribution < -0.4 is 5.32 Å². The number of amides is 2. The molecule has 2 aromatic rings. The largest absolute Gasteiger partial charge is 0.349 e. The van der Waals surface area contributed by atoms with Gasteiger partial charge in [0.1, 0.15) is 0 Å². The molecular weight excluding hydrogens is 348 g/mol. The van der Waals surface area contributed by atoms with Gasteiger partial charge in [0, 0.05) is 24.7 Å². The zero-order valence-electron chi connectivity index (χ0n) is 16.3. The monoisotopic (exact) mass is 376 g/mol. The van der Waals surface area contributed by atoms with Crippen molar-refractivity contribution in [1.82, 2.24) is 10.2 Å². The first-order valence-corrected chi connectivity index (χ1v) is 10.4. The second-order valence-electron chi connectivity index (χ2n) is 7.98. The summed E-state index contributed by atoms with van der Waals surface area (Å²) < 4.78 is 0. The van der Waals surface area contributed by atoms with E-state index >= 15 is 0 Å². The predicted molar refractivity (Wildman–Crippen MR) is 110 cm³/mol. The second kappa shape index (κ2) is 8.59. The Labute approximate surface area is 166 Å². The third-order valence-electron chi connectivity index (χ3n) is 5.99. The van der Waals surface area contributed by atoms with Gasteiger partial charge < -0.3 is 10.2 Å². The van der Waals surface area contributed by atoms with Crippen molar-refractivity contribution in [2.75, 3.05) is 13.1 Å². The average molecular weight is 377 g/mol. The molecule has 1 fully saturated rings. The topological polar surface area (TPSA) is 49.4 Å². The number of hydrogen-bond acceptors (Lipinski definition) is 2. The van der Waals surface area contributed by atoms with Crippen LogP contribution in [-0.2, 0) is 24.1 Å². The molecule has 146 valence electrons. The standard InChI is InChI=1S/C24H28N2O2/c27-23(17-18-10-11-19-6-4-5-9-21(19)16-18)26-14-12-22(13-15-26)25-24(28)20-7-2-1-3-8-20/h1-3,7-8,10-11,16,22H,4-6,9,12-15,17H2,(H,25,28). The summed E-state index contributed by atoms with van der Waals surface area (Å²) in [6, 6.07) is 16.0. The van der Waals surface area contributed by atoms with Gasteiger partial charge in [0.2, 0.25) is 5.91 Å². The van der Waals surface area contributed by atoms with Crippen molar-refractivity contribution in [2.45, 2.75) is 51.0 Å². The average Bonchev–Trinajstić information content (AvgIpc) is 2.75. The number of aryl methyl sites for hydroxylation is 2. The van der Waals surface area contributed by atoms with Crippen LogP contribution in [0.1, 0.15) is 52.7 Å². The summed E-state index contributed by atoms with van der Waals surface area (Å²) in [5, 5.41) is 3.10. The SMILES string of the molecule is O=C(NC1CCN(C(=O)Cc2ccc3c(c2)CCCC3)CC1)c1ccccc1. The number of nitrogens with zero attached hydrogens (tertiary/aromatic N) is 1. The van der Waals surface area contributed by atoms with Crippen LogP contribution in [0.4, 0.5) is 0 Å². The molecule has 1 aliphatic carbocycles. The lowest BCUT2D eigenvalue weighted by Crippen LogP contribution is -2.47. The number of rotatable bonds is 4. The molecule has 4 heteroatoms. The number of carbonyl (C=O) groups is 2. The van der Waals surface area contributed by atoms with Crippen LogP contribution in [0.15, 0.2) is 48.5 Å². The van der Waals surface area contributed by atoms with Crippen LogP contribution in [0.5, 0.6) is 0 Å². The molecule has 2 amide bonds. The van der Waals surface area contributed by atoms with Gasteiger partial charge in [0.15, 0.2) is 0 Å². The molecule has 2 aliphatic rings. The van der Waals surface area contributed by atoms with E-state index in [0.717, 1.165) is 24.8 Å². The Balaban J connectivity index is 1.28. The fourth-order valence-corrected chi connectivity index (χ4v) is 4.31. The van der Waals surface area contributed by atoms with Crippen LogP contribution in [0.25, 0.3) is 0 Å². The molecule has 1 heterocycles. The summed E-state index contributed by atoms with van der Waals surface area (Å²) in [5.41, 5.74) is 4.70. The van der Waals surface area contributed by atoms with Crippen LogP contribution in [0.3, 0.4) is 0 Å². The third-order valence-corrected chi connectivity index (χ3v) is 5.99. The Morgan fingerprint density at radius 3 is 2.39 bits per heavy atom. The highest BCUT2D eigenvalue weighted by atomic mass is 16.2. The molecule has 1 aliphatic heterocycles. The summed E-state index contributed by atoms with van der Waals surface area (Å²) in [6.45, 7) is 1.42. The van der Waals surface area contributed by atoms with E-state index in [1.807, 2.05) is 35.2 Å². The third kappa shape index (κ3) is 4.44. The van der Waals surface area contributed by atoms with Crippen molar-refractivity contribution >= 4 is 11.8 Å². The summed E-state index contributed by atoms with van der Waals surface area (Å²) in [7, 11) is 0. The van der Waals surface area contributed by atoms with Crippen LogP contribution >= 0.6 is 0 Å². The normalized spacial score (nSPS) is 17.1. The number of carbonyl (C=O) groups excluding carboxylic acids is 2. The molecule has 0 atom stereocenters. The molecule has 0 bridgehead atoms. The van der Waals surface area contributed by atoms with Crippen LogP contribution in [0, 0.1) is 0 Å². The van der Waals surface area contributed by atoms with Gasteiger partial charge in [-0.15, -0.1) is 0 Å².